The zero-order valence-electron chi connectivity index (χ0n) is 11.8. The van der Waals surface area contributed by atoms with E-state index in [1.807, 2.05) is 4.68 Å². The van der Waals surface area contributed by atoms with E-state index < -0.39 is 0 Å². The highest BCUT2D eigenvalue weighted by molar-refractivity contribution is 4.91. The Hall–Kier alpha value is -0.900. The highest BCUT2D eigenvalue weighted by Crippen LogP contribution is 2.19. The van der Waals surface area contributed by atoms with E-state index in [4.69, 9.17) is 0 Å². The molecule has 1 N–H and O–H groups in total. The third-order valence-corrected chi connectivity index (χ3v) is 2.79. The van der Waals surface area contributed by atoms with E-state index in [1.165, 1.54) is 0 Å². The normalized spacial score (nSPS) is 12.4. The average Bonchev–Trinajstić information content (AvgIpc) is 2.63. The van der Waals surface area contributed by atoms with Gasteiger partial charge in [0.25, 0.3) is 0 Å². The second kappa shape index (κ2) is 6.15. The van der Waals surface area contributed by atoms with Crippen LogP contribution in [0, 0.1) is 11.3 Å². The zero-order chi connectivity index (χ0) is 12.9. The fourth-order valence-electron chi connectivity index (χ4n) is 1.88. The molecule has 1 aromatic rings. The molecular formula is C13H26N4. The lowest BCUT2D eigenvalue weighted by Crippen LogP contribution is -2.34. The molecule has 0 saturated carbocycles. The van der Waals surface area contributed by atoms with Gasteiger partial charge < -0.3 is 5.32 Å². The molecule has 17 heavy (non-hydrogen) atoms. The van der Waals surface area contributed by atoms with Crippen molar-refractivity contribution in [1.82, 2.24) is 20.1 Å². The molecule has 0 aliphatic carbocycles. The number of rotatable bonds is 7. The van der Waals surface area contributed by atoms with E-state index in [-0.39, 0.29) is 5.41 Å². The molecule has 0 amide bonds. The highest BCUT2D eigenvalue weighted by Gasteiger charge is 2.21. The minimum absolute atomic E-state index is 0.217. The lowest BCUT2D eigenvalue weighted by atomic mass is 9.88. The molecule has 98 valence electrons. The summed E-state index contributed by atoms with van der Waals surface area (Å²) in [6.07, 6.45) is 2.61. The summed E-state index contributed by atoms with van der Waals surface area (Å²) in [6, 6.07) is 0. The van der Waals surface area contributed by atoms with Crippen LogP contribution in [0.1, 0.15) is 40.4 Å². The van der Waals surface area contributed by atoms with Crippen molar-refractivity contribution in [3.63, 3.8) is 0 Å². The Morgan fingerprint density at radius 2 is 2.12 bits per heavy atom. The van der Waals surface area contributed by atoms with E-state index in [0.29, 0.717) is 5.92 Å². The molecule has 0 aliphatic rings. The standard InChI is InChI=1S/C13H26N4/c1-6-17-12(15-10-16-17)7-13(4,5)9-14-8-11(2)3/h10-11,14H,6-9H2,1-5H3. The van der Waals surface area contributed by atoms with Gasteiger partial charge in [0, 0.05) is 19.5 Å². The van der Waals surface area contributed by atoms with Crippen molar-refractivity contribution in [1.29, 1.82) is 0 Å². The monoisotopic (exact) mass is 238 g/mol. The lowest BCUT2D eigenvalue weighted by Gasteiger charge is -2.25. The predicted octanol–water partition coefficient (Wildman–Crippen LogP) is 2.11. The van der Waals surface area contributed by atoms with Crippen molar-refractivity contribution in [3.8, 4) is 0 Å². The number of aryl methyl sites for hydroxylation is 1. The van der Waals surface area contributed by atoms with E-state index in [9.17, 15) is 0 Å². The van der Waals surface area contributed by atoms with Crippen LogP contribution in [-0.2, 0) is 13.0 Å². The van der Waals surface area contributed by atoms with Crippen LogP contribution in [0.5, 0.6) is 0 Å². The molecular weight excluding hydrogens is 212 g/mol. The zero-order valence-corrected chi connectivity index (χ0v) is 11.8. The Labute approximate surface area is 105 Å². The minimum atomic E-state index is 0.217. The molecule has 0 radical (unpaired) electrons. The second-order valence-electron chi connectivity index (χ2n) is 5.86. The molecule has 0 saturated heterocycles. The Morgan fingerprint density at radius 1 is 1.41 bits per heavy atom. The predicted molar refractivity (Wildman–Crippen MR) is 70.9 cm³/mol. The molecule has 4 nitrogen and oxygen atoms in total. The number of aromatic nitrogens is 3. The molecule has 4 heteroatoms. The van der Waals surface area contributed by atoms with E-state index in [2.05, 4.69) is 50.0 Å². The van der Waals surface area contributed by atoms with Crippen LogP contribution in [0.15, 0.2) is 6.33 Å². The molecule has 0 bridgehead atoms. The first-order valence-corrected chi connectivity index (χ1v) is 6.52. The maximum atomic E-state index is 4.34. The van der Waals surface area contributed by atoms with Crippen molar-refractivity contribution >= 4 is 0 Å². The van der Waals surface area contributed by atoms with Crippen molar-refractivity contribution in [2.75, 3.05) is 13.1 Å². The van der Waals surface area contributed by atoms with Crippen molar-refractivity contribution in [2.45, 2.75) is 47.6 Å². The minimum Gasteiger partial charge on any atom is -0.316 e. The van der Waals surface area contributed by atoms with Gasteiger partial charge in [0.05, 0.1) is 0 Å². The van der Waals surface area contributed by atoms with Crippen molar-refractivity contribution in [3.05, 3.63) is 12.2 Å². The molecule has 0 spiro atoms. The summed E-state index contributed by atoms with van der Waals surface area (Å²) >= 11 is 0. The van der Waals surface area contributed by atoms with Crippen LogP contribution >= 0.6 is 0 Å². The van der Waals surface area contributed by atoms with Gasteiger partial charge in [0.1, 0.15) is 12.2 Å². The second-order valence-corrected chi connectivity index (χ2v) is 5.86. The van der Waals surface area contributed by atoms with Crippen molar-refractivity contribution in [2.24, 2.45) is 11.3 Å². The highest BCUT2D eigenvalue weighted by atomic mass is 15.3. The first-order valence-electron chi connectivity index (χ1n) is 6.52. The molecule has 0 aliphatic heterocycles. The van der Waals surface area contributed by atoms with Crippen LogP contribution in [-0.4, -0.2) is 27.9 Å². The van der Waals surface area contributed by atoms with E-state index in [0.717, 1.165) is 31.9 Å². The van der Waals surface area contributed by atoms with Gasteiger partial charge in [-0.3, -0.25) is 4.68 Å². The molecule has 0 aromatic carbocycles. The first-order chi connectivity index (χ1) is 7.94. The van der Waals surface area contributed by atoms with Gasteiger partial charge >= 0.3 is 0 Å². The number of hydrogen-bond donors (Lipinski definition) is 1. The van der Waals surface area contributed by atoms with Crippen LogP contribution < -0.4 is 5.32 Å². The van der Waals surface area contributed by atoms with Gasteiger partial charge in [-0.25, -0.2) is 4.98 Å². The van der Waals surface area contributed by atoms with Crippen LogP contribution in [0.2, 0.25) is 0 Å². The van der Waals surface area contributed by atoms with Gasteiger partial charge in [-0.1, -0.05) is 27.7 Å². The Morgan fingerprint density at radius 3 is 2.71 bits per heavy atom. The molecule has 0 atom stereocenters. The fraction of sp³-hybridized carbons (Fsp3) is 0.846. The first kappa shape index (κ1) is 14.2. The summed E-state index contributed by atoms with van der Waals surface area (Å²) < 4.78 is 1.98. The van der Waals surface area contributed by atoms with E-state index in [1.54, 1.807) is 6.33 Å². The summed E-state index contributed by atoms with van der Waals surface area (Å²) in [4.78, 5) is 4.34. The van der Waals surface area contributed by atoms with Gasteiger partial charge in [-0.15, -0.1) is 0 Å². The van der Waals surface area contributed by atoms with Gasteiger partial charge in [-0.05, 0) is 24.8 Å². The molecule has 0 unspecified atom stereocenters. The van der Waals surface area contributed by atoms with Crippen LogP contribution in [0.25, 0.3) is 0 Å². The van der Waals surface area contributed by atoms with Gasteiger partial charge in [0.15, 0.2) is 0 Å². The van der Waals surface area contributed by atoms with Gasteiger partial charge in [0.2, 0.25) is 0 Å². The maximum absolute atomic E-state index is 4.34. The Kier molecular flexibility index (Phi) is 5.12. The van der Waals surface area contributed by atoms with E-state index >= 15 is 0 Å². The maximum Gasteiger partial charge on any atom is 0.138 e. The summed E-state index contributed by atoms with van der Waals surface area (Å²) in [6.45, 7) is 14.1. The summed E-state index contributed by atoms with van der Waals surface area (Å²) in [5, 5.41) is 7.73. The Balaban J connectivity index is 2.48. The fourth-order valence-corrected chi connectivity index (χ4v) is 1.88. The smallest absolute Gasteiger partial charge is 0.138 e. The third kappa shape index (κ3) is 4.86. The van der Waals surface area contributed by atoms with Crippen molar-refractivity contribution < 1.29 is 0 Å². The number of nitrogens with one attached hydrogen (secondary N) is 1. The molecule has 1 aromatic heterocycles. The third-order valence-electron chi connectivity index (χ3n) is 2.79. The number of hydrogen-bond acceptors (Lipinski definition) is 3. The lowest BCUT2D eigenvalue weighted by molar-refractivity contribution is 0.318. The summed E-state index contributed by atoms with van der Waals surface area (Å²) in [5.41, 5.74) is 0.217. The molecule has 1 rings (SSSR count). The SMILES string of the molecule is CCn1ncnc1CC(C)(C)CNCC(C)C. The molecule has 1 heterocycles. The van der Waals surface area contributed by atoms with Crippen LogP contribution in [0.4, 0.5) is 0 Å². The Bertz CT molecular complexity index is 328. The summed E-state index contributed by atoms with van der Waals surface area (Å²) in [5.74, 6) is 1.79. The largest absolute Gasteiger partial charge is 0.316 e. The number of nitrogens with zero attached hydrogens (tertiary/aromatic N) is 3. The van der Waals surface area contributed by atoms with Crippen LogP contribution in [0.3, 0.4) is 0 Å². The van der Waals surface area contributed by atoms with Gasteiger partial charge in [-0.2, -0.15) is 5.10 Å². The molecule has 0 fully saturated rings. The average molecular weight is 238 g/mol. The quantitative estimate of drug-likeness (QED) is 0.791. The summed E-state index contributed by atoms with van der Waals surface area (Å²) in [7, 11) is 0. The topological polar surface area (TPSA) is 42.7 Å².